The Morgan fingerprint density at radius 1 is 1.26 bits per heavy atom. The van der Waals surface area contributed by atoms with Crippen molar-refractivity contribution in [3.05, 3.63) is 35.4 Å². The summed E-state index contributed by atoms with van der Waals surface area (Å²) < 4.78 is 10.1. The van der Waals surface area contributed by atoms with Gasteiger partial charge >= 0.3 is 5.97 Å². The normalized spacial score (nSPS) is 10.6. The summed E-state index contributed by atoms with van der Waals surface area (Å²) in [6.07, 6.45) is 2.20. The molecule has 1 rings (SSSR count). The van der Waals surface area contributed by atoms with Crippen molar-refractivity contribution in [2.75, 3.05) is 19.8 Å². The maximum Gasteiger partial charge on any atom is 0.349 e. The summed E-state index contributed by atoms with van der Waals surface area (Å²) in [7, 11) is 0. The number of nitrogens with one attached hydrogen (secondary N) is 1. The lowest BCUT2D eigenvalue weighted by atomic mass is 10.1. The smallest absolute Gasteiger partial charge is 0.349 e. The highest BCUT2D eigenvalue weighted by atomic mass is 16.5. The molecule has 0 unspecified atom stereocenters. The summed E-state index contributed by atoms with van der Waals surface area (Å²) >= 11 is 0. The number of benzene rings is 1. The molecule has 0 bridgehead atoms. The molecule has 0 atom stereocenters. The van der Waals surface area contributed by atoms with Gasteiger partial charge in [0.25, 0.3) is 5.91 Å². The van der Waals surface area contributed by atoms with Crippen molar-refractivity contribution in [1.82, 2.24) is 5.32 Å². The van der Waals surface area contributed by atoms with E-state index in [2.05, 4.69) is 5.32 Å². The summed E-state index contributed by atoms with van der Waals surface area (Å²) in [6, 6.07) is 8.72. The first kappa shape index (κ1) is 18.2. The molecule has 0 saturated heterocycles. The van der Waals surface area contributed by atoms with E-state index in [1.54, 1.807) is 30.3 Å². The van der Waals surface area contributed by atoms with Gasteiger partial charge in [-0.2, -0.15) is 5.26 Å². The first-order chi connectivity index (χ1) is 11.1. The number of carbonyl (C=O) groups excluding carboxylic acids is 2. The predicted molar refractivity (Wildman–Crippen MR) is 85.5 cm³/mol. The maximum absolute atomic E-state index is 11.8. The van der Waals surface area contributed by atoms with Gasteiger partial charge in [-0.1, -0.05) is 19.1 Å². The Balaban J connectivity index is 2.65. The topological polar surface area (TPSA) is 88.4 Å². The second-order valence-corrected chi connectivity index (χ2v) is 4.60. The molecule has 6 heteroatoms. The van der Waals surface area contributed by atoms with E-state index >= 15 is 0 Å². The van der Waals surface area contributed by atoms with Gasteiger partial charge in [-0.3, -0.25) is 4.79 Å². The molecule has 1 aromatic carbocycles. The average Bonchev–Trinajstić information content (AvgIpc) is 2.57. The van der Waals surface area contributed by atoms with Crippen molar-refractivity contribution in [1.29, 1.82) is 5.26 Å². The molecule has 1 N–H and O–H groups in total. The van der Waals surface area contributed by atoms with Gasteiger partial charge in [0.05, 0.1) is 6.61 Å². The quantitative estimate of drug-likeness (QED) is 0.450. The molecule has 0 aromatic heterocycles. The number of hydrogen-bond donors (Lipinski definition) is 1. The number of rotatable bonds is 8. The maximum atomic E-state index is 11.8. The molecule has 1 amide bonds. The van der Waals surface area contributed by atoms with Crippen LogP contribution in [0, 0.1) is 11.3 Å². The minimum Gasteiger partial charge on any atom is -0.494 e. The lowest BCUT2D eigenvalue weighted by Crippen LogP contribution is -2.29. The molecule has 6 nitrogen and oxygen atoms in total. The third kappa shape index (κ3) is 6.66. The van der Waals surface area contributed by atoms with Crippen molar-refractivity contribution in [2.24, 2.45) is 0 Å². The van der Waals surface area contributed by atoms with Crippen LogP contribution >= 0.6 is 0 Å². The van der Waals surface area contributed by atoms with E-state index in [4.69, 9.17) is 14.7 Å². The molecule has 0 heterocycles. The SMILES string of the molecule is CCCNC(=O)COC(=O)/C(C#N)=C/c1ccc(OCC)cc1. The van der Waals surface area contributed by atoms with Crippen molar-refractivity contribution in [2.45, 2.75) is 20.3 Å². The Bertz CT molecular complexity index is 600. The summed E-state index contributed by atoms with van der Waals surface area (Å²) in [5.74, 6) is -0.509. The molecular formula is C17H20N2O4. The van der Waals surface area contributed by atoms with E-state index in [0.29, 0.717) is 24.5 Å². The van der Waals surface area contributed by atoms with Crippen LogP contribution in [0.3, 0.4) is 0 Å². The first-order valence-electron chi connectivity index (χ1n) is 7.39. The number of hydrogen-bond acceptors (Lipinski definition) is 5. The van der Waals surface area contributed by atoms with Gasteiger partial charge in [-0.25, -0.2) is 4.79 Å². The van der Waals surface area contributed by atoms with Crippen LogP contribution in [0.5, 0.6) is 5.75 Å². The van der Waals surface area contributed by atoms with Gasteiger partial charge in [-0.05, 0) is 37.1 Å². The van der Waals surface area contributed by atoms with E-state index in [1.165, 1.54) is 6.08 Å². The van der Waals surface area contributed by atoms with Crippen molar-refractivity contribution in [3.8, 4) is 11.8 Å². The van der Waals surface area contributed by atoms with Crippen LogP contribution in [-0.2, 0) is 14.3 Å². The van der Waals surface area contributed by atoms with Crippen molar-refractivity contribution >= 4 is 18.0 Å². The standard InChI is InChI=1S/C17H20N2O4/c1-3-9-19-16(20)12-23-17(21)14(11-18)10-13-5-7-15(8-6-13)22-4-2/h5-8,10H,3-4,9,12H2,1-2H3,(H,19,20)/b14-10+. The molecule has 0 radical (unpaired) electrons. The zero-order valence-corrected chi connectivity index (χ0v) is 13.3. The summed E-state index contributed by atoms with van der Waals surface area (Å²) in [5.41, 5.74) is 0.495. The van der Waals surface area contributed by atoms with Crippen LogP contribution in [0.15, 0.2) is 29.8 Å². The second kappa shape index (κ2) is 10.0. The van der Waals surface area contributed by atoms with Crippen LogP contribution in [0.25, 0.3) is 6.08 Å². The summed E-state index contributed by atoms with van der Waals surface area (Å²) in [5, 5.41) is 11.6. The van der Waals surface area contributed by atoms with Crippen LogP contribution in [0.4, 0.5) is 0 Å². The average molecular weight is 316 g/mol. The van der Waals surface area contributed by atoms with Crippen molar-refractivity contribution < 1.29 is 19.1 Å². The van der Waals surface area contributed by atoms with Gasteiger partial charge in [0, 0.05) is 6.54 Å². The number of amides is 1. The number of nitriles is 1. The van der Waals surface area contributed by atoms with E-state index in [0.717, 1.165) is 6.42 Å². The number of ether oxygens (including phenoxy) is 2. The molecule has 23 heavy (non-hydrogen) atoms. The van der Waals surface area contributed by atoms with Gasteiger partial charge < -0.3 is 14.8 Å². The van der Waals surface area contributed by atoms with Crippen LogP contribution in [-0.4, -0.2) is 31.6 Å². The molecule has 0 aliphatic rings. The predicted octanol–water partition coefficient (Wildman–Crippen LogP) is 2.06. The highest BCUT2D eigenvalue weighted by Crippen LogP contribution is 2.14. The largest absolute Gasteiger partial charge is 0.494 e. The van der Waals surface area contributed by atoms with Gasteiger partial charge in [0.2, 0.25) is 0 Å². The van der Waals surface area contributed by atoms with E-state index in [1.807, 2.05) is 13.8 Å². The fourth-order valence-corrected chi connectivity index (χ4v) is 1.65. The third-order valence-corrected chi connectivity index (χ3v) is 2.75. The van der Waals surface area contributed by atoms with E-state index in [-0.39, 0.29) is 5.57 Å². The fourth-order valence-electron chi connectivity index (χ4n) is 1.65. The van der Waals surface area contributed by atoms with Gasteiger partial charge in [0.15, 0.2) is 6.61 Å². The Labute approximate surface area is 135 Å². The fraction of sp³-hybridized carbons (Fsp3) is 0.353. The Kier molecular flexibility index (Phi) is 7.94. The Hall–Kier alpha value is -2.81. The lowest BCUT2D eigenvalue weighted by molar-refractivity contribution is -0.144. The second-order valence-electron chi connectivity index (χ2n) is 4.60. The molecule has 0 spiro atoms. The van der Waals surface area contributed by atoms with Crippen molar-refractivity contribution in [3.63, 3.8) is 0 Å². The minimum absolute atomic E-state index is 0.169. The molecule has 0 saturated carbocycles. The molecule has 1 aromatic rings. The van der Waals surface area contributed by atoms with E-state index < -0.39 is 18.5 Å². The monoisotopic (exact) mass is 316 g/mol. The highest BCUT2D eigenvalue weighted by molar-refractivity contribution is 5.98. The summed E-state index contributed by atoms with van der Waals surface area (Å²) in [6.45, 7) is 4.48. The summed E-state index contributed by atoms with van der Waals surface area (Å²) in [4.78, 5) is 23.2. The van der Waals surface area contributed by atoms with Gasteiger partial charge in [0.1, 0.15) is 17.4 Å². The van der Waals surface area contributed by atoms with Gasteiger partial charge in [-0.15, -0.1) is 0 Å². The zero-order chi connectivity index (χ0) is 17.1. The number of esters is 1. The zero-order valence-electron chi connectivity index (χ0n) is 13.3. The Morgan fingerprint density at radius 2 is 1.96 bits per heavy atom. The van der Waals surface area contributed by atoms with Crippen LogP contribution < -0.4 is 10.1 Å². The minimum atomic E-state index is -0.826. The molecule has 0 aliphatic carbocycles. The number of carbonyl (C=O) groups is 2. The molecule has 122 valence electrons. The highest BCUT2D eigenvalue weighted by Gasteiger charge is 2.12. The number of nitrogens with zero attached hydrogens (tertiary/aromatic N) is 1. The van der Waals surface area contributed by atoms with E-state index in [9.17, 15) is 9.59 Å². The van der Waals surface area contributed by atoms with Crippen LogP contribution in [0.1, 0.15) is 25.8 Å². The van der Waals surface area contributed by atoms with Crippen LogP contribution in [0.2, 0.25) is 0 Å². The molecular weight excluding hydrogens is 296 g/mol. The molecule has 0 fully saturated rings. The third-order valence-electron chi connectivity index (χ3n) is 2.75. The lowest BCUT2D eigenvalue weighted by Gasteiger charge is -2.05. The Morgan fingerprint density at radius 3 is 2.52 bits per heavy atom. The molecule has 0 aliphatic heterocycles. The first-order valence-corrected chi connectivity index (χ1v) is 7.39.